The van der Waals surface area contributed by atoms with Gasteiger partial charge in [0.2, 0.25) is 0 Å². The summed E-state index contributed by atoms with van der Waals surface area (Å²) in [5, 5.41) is 0.779. The van der Waals surface area contributed by atoms with E-state index in [0.29, 0.717) is 6.54 Å². The molecule has 4 nitrogen and oxygen atoms in total. The van der Waals surface area contributed by atoms with Gasteiger partial charge in [0.05, 0.1) is 6.04 Å². The van der Waals surface area contributed by atoms with Gasteiger partial charge in [0.1, 0.15) is 0 Å². The monoisotopic (exact) mass is 475 g/mol. The fraction of sp³-hybridized carbons (Fsp3) is 0.345. The molecule has 1 aliphatic rings. The van der Waals surface area contributed by atoms with Crippen LogP contribution in [0.25, 0.3) is 11.1 Å². The predicted molar refractivity (Wildman–Crippen MR) is 141 cm³/mol. The van der Waals surface area contributed by atoms with E-state index >= 15 is 0 Å². The smallest absolute Gasteiger partial charge is 0.320 e. The van der Waals surface area contributed by atoms with E-state index in [4.69, 9.17) is 11.6 Å². The van der Waals surface area contributed by atoms with Crippen molar-refractivity contribution < 1.29 is 4.79 Å². The molecule has 1 aliphatic heterocycles. The van der Waals surface area contributed by atoms with Gasteiger partial charge in [-0.25, -0.2) is 4.79 Å². The molecule has 1 saturated heterocycles. The maximum absolute atomic E-state index is 13.3. The van der Waals surface area contributed by atoms with Crippen molar-refractivity contribution in [2.75, 3.05) is 32.7 Å². The highest BCUT2D eigenvalue weighted by molar-refractivity contribution is 6.33. The number of hydrogen-bond donors (Lipinski definition) is 0. The second-order valence-corrected chi connectivity index (χ2v) is 9.34. The molecule has 1 atom stereocenters. The molecule has 0 aliphatic carbocycles. The highest BCUT2D eigenvalue weighted by Gasteiger charge is 2.33. The van der Waals surface area contributed by atoms with Crippen molar-refractivity contribution in [3.05, 3.63) is 94.5 Å². The van der Waals surface area contributed by atoms with Crippen molar-refractivity contribution in [1.29, 1.82) is 0 Å². The Morgan fingerprint density at radius 1 is 0.971 bits per heavy atom. The van der Waals surface area contributed by atoms with Crippen LogP contribution in [0.1, 0.15) is 36.6 Å². The summed E-state index contributed by atoms with van der Waals surface area (Å²) < 4.78 is 0. The summed E-state index contributed by atoms with van der Waals surface area (Å²) in [5.41, 5.74) is 5.86. The summed E-state index contributed by atoms with van der Waals surface area (Å²) in [6, 6.07) is 25.2. The Labute approximate surface area is 208 Å². The molecule has 1 heterocycles. The molecule has 178 valence electrons. The highest BCUT2D eigenvalue weighted by Crippen LogP contribution is 2.32. The standard InChI is InChI=1S/C29H34ClN3O/c1-4-32(5-2)29(34)33-17-16-31(21-28(33)24-14-10-7-11-15-24)20-25-19-27(30)26(18-22(25)3)23-12-8-6-9-13-23/h6-15,18-19,28H,4-5,16-17,20-21H2,1-3H3. The van der Waals surface area contributed by atoms with E-state index in [1.165, 1.54) is 16.7 Å². The van der Waals surface area contributed by atoms with Gasteiger partial charge in [-0.1, -0.05) is 72.3 Å². The summed E-state index contributed by atoms with van der Waals surface area (Å²) in [4.78, 5) is 19.7. The normalized spacial score (nSPS) is 16.5. The topological polar surface area (TPSA) is 26.8 Å². The van der Waals surface area contributed by atoms with Crippen LogP contribution < -0.4 is 0 Å². The first-order valence-corrected chi connectivity index (χ1v) is 12.6. The average molecular weight is 476 g/mol. The first-order chi connectivity index (χ1) is 16.5. The van der Waals surface area contributed by atoms with Gasteiger partial charge in [0.15, 0.2) is 0 Å². The third-order valence-corrected chi connectivity index (χ3v) is 7.15. The molecular weight excluding hydrogens is 442 g/mol. The molecule has 0 radical (unpaired) electrons. The van der Waals surface area contributed by atoms with Gasteiger partial charge in [-0.2, -0.15) is 0 Å². The Balaban J connectivity index is 1.56. The third kappa shape index (κ3) is 5.29. The van der Waals surface area contributed by atoms with Crippen molar-refractivity contribution in [2.45, 2.75) is 33.4 Å². The Hall–Kier alpha value is -2.82. The lowest BCUT2D eigenvalue weighted by molar-refractivity contribution is 0.0721. The first-order valence-electron chi connectivity index (χ1n) is 12.2. The van der Waals surface area contributed by atoms with E-state index in [1.807, 2.05) is 43.0 Å². The Morgan fingerprint density at radius 2 is 1.62 bits per heavy atom. The van der Waals surface area contributed by atoms with Crippen LogP contribution in [0, 0.1) is 6.92 Å². The minimum atomic E-state index is 0.0300. The van der Waals surface area contributed by atoms with Gasteiger partial charge in [0.25, 0.3) is 0 Å². The lowest BCUT2D eigenvalue weighted by atomic mass is 9.98. The molecule has 1 unspecified atom stereocenters. The summed E-state index contributed by atoms with van der Waals surface area (Å²) in [6.45, 7) is 10.9. The van der Waals surface area contributed by atoms with Gasteiger partial charge >= 0.3 is 6.03 Å². The van der Waals surface area contributed by atoms with Crippen LogP contribution in [-0.4, -0.2) is 53.5 Å². The number of benzene rings is 3. The number of carbonyl (C=O) groups is 1. The zero-order chi connectivity index (χ0) is 24.1. The molecule has 0 N–H and O–H groups in total. The molecular formula is C29H34ClN3O. The second-order valence-electron chi connectivity index (χ2n) is 8.93. The van der Waals surface area contributed by atoms with Crippen molar-refractivity contribution >= 4 is 17.6 Å². The summed E-state index contributed by atoms with van der Waals surface area (Å²) in [6.07, 6.45) is 0. The number of nitrogens with zero attached hydrogens (tertiary/aromatic N) is 3. The van der Waals surface area contributed by atoms with Gasteiger partial charge in [-0.05, 0) is 55.2 Å². The first kappa shape index (κ1) is 24.3. The second kappa shape index (κ2) is 11.1. The molecule has 34 heavy (non-hydrogen) atoms. The van der Waals surface area contributed by atoms with Gasteiger partial charge < -0.3 is 9.80 Å². The molecule has 1 fully saturated rings. The van der Waals surface area contributed by atoms with Crippen LogP contribution in [0.3, 0.4) is 0 Å². The van der Waals surface area contributed by atoms with Gasteiger partial charge in [0, 0.05) is 49.9 Å². The molecule has 0 aromatic heterocycles. The Morgan fingerprint density at radius 3 is 2.26 bits per heavy atom. The Bertz CT molecular complexity index is 1100. The quantitative estimate of drug-likeness (QED) is 0.399. The zero-order valence-corrected chi connectivity index (χ0v) is 21.1. The molecule has 0 saturated carbocycles. The minimum Gasteiger partial charge on any atom is -0.325 e. The number of piperazine rings is 1. The third-order valence-electron chi connectivity index (χ3n) is 6.83. The molecule has 0 bridgehead atoms. The fourth-order valence-corrected chi connectivity index (χ4v) is 5.12. The largest absolute Gasteiger partial charge is 0.325 e. The molecule has 2 amide bonds. The number of amides is 2. The van der Waals surface area contributed by atoms with E-state index in [2.05, 4.69) is 65.3 Å². The van der Waals surface area contributed by atoms with Crippen LogP contribution in [0.15, 0.2) is 72.8 Å². The predicted octanol–water partition coefficient (Wildman–Crippen LogP) is 6.64. The van der Waals surface area contributed by atoms with E-state index in [1.54, 1.807) is 0 Å². The number of rotatable bonds is 6. The number of urea groups is 1. The van der Waals surface area contributed by atoms with Crippen LogP contribution in [0.4, 0.5) is 4.79 Å². The van der Waals surface area contributed by atoms with E-state index in [0.717, 1.165) is 48.9 Å². The van der Waals surface area contributed by atoms with Crippen molar-refractivity contribution in [3.63, 3.8) is 0 Å². The molecule has 4 rings (SSSR count). The Kier molecular flexibility index (Phi) is 7.91. The zero-order valence-electron chi connectivity index (χ0n) is 20.4. The number of halogens is 1. The van der Waals surface area contributed by atoms with E-state index in [-0.39, 0.29) is 12.1 Å². The summed E-state index contributed by atoms with van der Waals surface area (Å²) in [7, 11) is 0. The van der Waals surface area contributed by atoms with Crippen molar-refractivity contribution in [1.82, 2.24) is 14.7 Å². The van der Waals surface area contributed by atoms with Gasteiger partial charge in [-0.15, -0.1) is 0 Å². The SMILES string of the molecule is CCN(CC)C(=O)N1CCN(Cc2cc(Cl)c(-c3ccccc3)cc2C)CC1c1ccccc1. The lowest BCUT2D eigenvalue weighted by Gasteiger charge is -2.43. The molecule has 5 heteroatoms. The van der Waals surface area contributed by atoms with Crippen LogP contribution in [-0.2, 0) is 6.54 Å². The van der Waals surface area contributed by atoms with Crippen LogP contribution >= 0.6 is 11.6 Å². The van der Waals surface area contributed by atoms with Crippen molar-refractivity contribution in [2.24, 2.45) is 0 Å². The van der Waals surface area contributed by atoms with Gasteiger partial charge in [-0.3, -0.25) is 4.90 Å². The summed E-state index contributed by atoms with van der Waals surface area (Å²) >= 11 is 6.73. The maximum Gasteiger partial charge on any atom is 0.320 e. The molecule has 3 aromatic carbocycles. The molecule has 3 aromatic rings. The van der Waals surface area contributed by atoms with E-state index < -0.39 is 0 Å². The number of aryl methyl sites for hydroxylation is 1. The minimum absolute atomic E-state index is 0.0300. The maximum atomic E-state index is 13.3. The van der Waals surface area contributed by atoms with Crippen LogP contribution in [0.2, 0.25) is 5.02 Å². The highest BCUT2D eigenvalue weighted by atomic mass is 35.5. The van der Waals surface area contributed by atoms with E-state index in [9.17, 15) is 4.79 Å². The number of hydrogen-bond acceptors (Lipinski definition) is 2. The fourth-order valence-electron chi connectivity index (χ4n) is 4.82. The van der Waals surface area contributed by atoms with Crippen LogP contribution in [0.5, 0.6) is 0 Å². The molecule has 0 spiro atoms. The average Bonchev–Trinajstić information content (AvgIpc) is 2.87. The summed E-state index contributed by atoms with van der Waals surface area (Å²) in [5.74, 6) is 0. The number of carbonyl (C=O) groups excluding carboxylic acids is 1. The van der Waals surface area contributed by atoms with Crippen molar-refractivity contribution in [3.8, 4) is 11.1 Å². The lowest BCUT2D eigenvalue weighted by Crippen LogP contribution is -2.54.